The highest BCUT2D eigenvalue weighted by atomic mass is 31.2. The van der Waals surface area contributed by atoms with Crippen LogP contribution in [0.2, 0.25) is 0 Å². The van der Waals surface area contributed by atoms with Crippen LogP contribution in [0.15, 0.2) is 12.2 Å². The number of carbonyl (C=O) groups is 1. The lowest BCUT2D eigenvalue weighted by molar-refractivity contribution is -0.154. The number of allylic oxidation sites excluding steroid dienone is 2. The second-order valence-electron chi connectivity index (χ2n) is 16.0. The van der Waals surface area contributed by atoms with Crippen LogP contribution in [0.1, 0.15) is 239 Å². The van der Waals surface area contributed by atoms with Crippen LogP contribution in [-0.4, -0.2) is 49.9 Å². The number of esters is 1. The number of hydrogen-bond donors (Lipinski definition) is 2. The van der Waals surface area contributed by atoms with Crippen LogP contribution in [0, 0.1) is 0 Å². The largest absolute Gasteiger partial charge is 0.472 e. The lowest BCUT2D eigenvalue weighted by Gasteiger charge is -2.20. The summed E-state index contributed by atoms with van der Waals surface area (Å²) in [6.45, 7) is 4.95. The normalized spacial score (nSPS) is 13.5. The number of phosphoric acid groups is 1. The van der Waals surface area contributed by atoms with Crippen molar-refractivity contribution in [1.82, 2.24) is 0 Å². The highest BCUT2D eigenvalue weighted by Crippen LogP contribution is 2.43. The zero-order valence-corrected chi connectivity index (χ0v) is 37.3. The van der Waals surface area contributed by atoms with E-state index in [1.165, 1.54) is 186 Å². The van der Waals surface area contributed by atoms with Crippen molar-refractivity contribution in [3.05, 3.63) is 12.2 Å². The van der Waals surface area contributed by atoms with Gasteiger partial charge < -0.3 is 20.1 Å². The molecule has 3 N–H and O–H groups in total. The second-order valence-corrected chi connectivity index (χ2v) is 17.4. The van der Waals surface area contributed by atoms with E-state index in [1.807, 2.05) is 0 Å². The zero-order valence-electron chi connectivity index (χ0n) is 36.4. The van der Waals surface area contributed by atoms with Crippen molar-refractivity contribution in [1.29, 1.82) is 0 Å². The fourth-order valence-electron chi connectivity index (χ4n) is 6.93. The first-order valence-electron chi connectivity index (χ1n) is 23.7. The molecule has 8 nitrogen and oxygen atoms in total. The predicted octanol–water partition coefficient (Wildman–Crippen LogP) is 14.3. The quantitative estimate of drug-likeness (QED) is 0.0270. The first kappa shape index (κ1) is 54.2. The Balaban J connectivity index is 3.80. The van der Waals surface area contributed by atoms with Crippen molar-refractivity contribution in [3.8, 4) is 0 Å². The summed E-state index contributed by atoms with van der Waals surface area (Å²) in [7, 11) is -4.27. The van der Waals surface area contributed by atoms with Gasteiger partial charge in [-0.2, -0.15) is 0 Å². The number of hydrogen-bond acceptors (Lipinski definition) is 7. The number of nitrogens with two attached hydrogens (primary N) is 1. The molecule has 0 aromatic heterocycles. The van der Waals surface area contributed by atoms with E-state index < -0.39 is 13.9 Å². The van der Waals surface area contributed by atoms with E-state index in [4.69, 9.17) is 24.3 Å². The molecule has 0 spiro atoms. The molecule has 0 saturated carbocycles. The molecule has 0 rings (SSSR count). The molecule has 0 bridgehead atoms. The van der Waals surface area contributed by atoms with Gasteiger partial charge in [0.2, 0.25) is 0 Å². The molecule has 0 aliphatic rings. The number of carbonyl (C=O) groups excluding carboxylic acids is 1. The smallest absolute Gasteiger partial charge is 0.457 e. The maximum absolute atomic E-state index is 12.5. The third-order valence-corrected chi connectivity index (χ3v) is 11.4. The van der Waals surface area contributed by atoms with Gasteiger partial charge in [0.05, 0.1) is 19.8 Å². The van der Waals surface area contributed by atoms with Gasteiger partial charge in [0.25, 0.3) is 0 Å². The van der Waals surface area contributed by atoms with Gasteiger partial charge in [0, 0.05) is 19.6 Å². The highest BCUT2D eigenvalue weighted by Gasteiger charge is 2.25. The molecule has 9 heteroatoms. The van der Waals surface area contributed by atoms with Crippen LogP contribution in [0.5, 0.6) is 0 Å². The second kappa shape index (κ2) is 44.3. The van der Waals surface area contributed by atoms with Gasteiger partial charge in [0.1, 0.15) is 6.10 Å². The molecule has 0 radical (unpaired) electrons. The van der Waals surface area contributed by atoms with E-state index in [2.05, 4.69) is 26.0 Å². The maximum Gasteiger partial charge on any atom is 0.472 e. The average molecular weight is 802 g/mol. The number of rotatable bonds is 46. The summed E-state index contributed by atoms with van der Waals surface area (Å²) in [5.74, 6) is -0.328. The molecule has 0 fully saturated rings. The monoisotopic (exact) mass is 802 g/mol. The molecule has 2 unspecified atom stereocenters. The molecule has 0 aromatic rings. The molecular weight excluding hydrogens is 709 g/mol. The van der Waals surface area contributed by atoms with Crippen molar-refractivity contribution >= 4 is 13.8 Å². The summed E-state index contributed by atoms with van der Waals surface area (Å²) in [4.78, 5) is 22.4. The Bertz CT molecular complexity index is 858. The van der Waals surface area contributed by atoms with Gasteiger partial charge >= 0.3 is 13.8 Å². The molecule has 2 atom stereocenters. The van der Waals surface area contributed by atoms with Gasteiger partial charge in [-0.25, -0.2) is 4.57 Å². The molecule has 0 saturated heterocycles. The molecule has 328 valence electrons. The van der Waals surface area contributed by atoms with Crippen LogP contribution >= 0.6 is 7.82 Å². The van der Waals surface area contributed by atoms with Gasteiger partial charge in [-0.3, -0.25) is 13.8 Å². The number of phosphoric ester groups is 1. The van der Waals surface area contributed by atoms with E-state index in [0.29, 0.717) is 13.0 Å². The first-order chi connectivity index (χ1) is 26.9. The molecule has 0 amide bonds. The van der Waals surface area contributed by atoms with Gasteiger partial charge in [0.15, 0.2) is 0 Å². The molecule has 0 aliphatic carbocycles. The molecule has 0 heterocycles. The van der Waals surface area contributed by atoms with E-state index in [0.717, 1.165) is 32.1 Å². The summed E-state index contributed by atoms with van der Waals surface area (Å²) in [5, 5.41) is 0. The minimum atomic E-state index is -4.27. The Labute approximate surface area is 341 Å². The van der Waals surface area contributed by atoms with Gasteiger partial charge in [-0.1, -0.05) is 206 Å². The third kappa shape index (κ3) is 44.2. The van der Waals surface area contributed by atoms with Crippen molar-refractivity contribution in [2.75, 3.05) is 33.0 Å². The number of ether oxygens (including phenoxy) is 2. The average Bonchev–Trinajstić information content (AvgIpc) is 3.17. The SMILES string of the molecule is CCCCCCCCCC/C=C\CCCCCCCCCCCCCCCCOCC(COP(=O)(O)OCCN)OC(=O)CCCCCCCCCCCC. The lowest BCUT2D eigenvalue weighted by Crippen LogP contribution is -2.28. The predicted molar refractivity (Wildman–Crippen MR) is 234 cm³/mol. The molecular formula is C46H92NO7P. The van der Waals surface area contributed by atoms with Crippen molar-refractivity contribution in [2.24, 2.45) is 5.73 Å². The lowest BCUT2D eigenvalue weighted by atomic mass is 10.0. The summed E-state index contributed by atoms with van der Waals surface area (Å²) in [5.41, 5.74) is 5.37. The topological polar surface area (TPSA) is 117 Å². The minimum absolute atomic E-state index is 0.0917. The van der Waals surface area contributed by atoms with E-state index in [9.17, 15) is 14.3 Å². The Morgan fingerprint density at radius 3 is 1.33 bits per heavy atom. The van der Waals surface area contributed by atoms with Crippen molar-refractivity contribution < 1.29 is 32.8 Å². The Kier molecular flexibility index (Phi) is 43.7. The van der Waals surface area contributed by atoms with Crippen LogP contribution in [0.25, 0.3) is 0 Å². The van der Waals surface area contributed by atoms with Gasteiger partial charge in [-0.05, 0) is 38.5 Å². The Hall–Kier alpha value is -0.760. The Morgan fingerprint density at radius 1 is 0.527 bits per heavy atom. The van der Waals surface area contributed by atoms with Crippen LogP contribution in [0.4, 0.5) is 0 Å². The van der Waals surface area contributed by atoms with Crippen LogP contribution in [-0.2, 0) is 27.9 Å². The van der Waals surface area contributed by atoms with Crippen molar-refractivity contribution in [3.63, 3.8) is 0 Å². The van der Waals surface area contributed by atoms with E-state index in [1.54, 1.807) is 0 Å². The molecule has 0 aliphatic heterocycles. The Morgan fingerprint density at radius 2 is 0.909 bits per heavy atom. The maximum atomic E-state index is 12.5. The summed E-state index contributed by atoms with van der Waals surface area (Å²) in [6.07, 6.45) is 48.3. The van der Waals surface area contributed by atoms with E-state index >= 15 is 0 Å². The summed E-state index contributed by atoms with van der Waals surface area (Å²) in [6, 6.07) is 0. The molecule has 55 heavy (non-hydrogen) atoms. The molecule has 0 aromatic carbocycles. The zero-order chi connectivity index (χ0) is 40.2. The van der Waals surface area contributed by atoms with Gasteiger partial charge in [-0.15, -0.1) is 0 Å². The summed E-state index contributed by atoms with van der Waals surface area (Å²) >= 11 is 0. The van der Waals surface area contributed by atoms with Crippen LogP contribution < -0.4 is 5.73 Å². The minimum Gasteiger partial charge on any atom is -0.457 e. The van der Waals surface area contributed by atoms with E-state index in [-0.39, 0.29) is 32.3 Å². The highest BCUT2D eigenvalue weighted by molar-refractivity contribution is 7.47. The van der Waals surface area contributed by atoms with Crippen molar-refractivity contribution in [2.45, 2.75) is 245 Å². The first-order valence-corrected chi connectivity index (χ1v) is 25.2. The standard InChI is InChI=1S/C46H92NO7P/c1-3-5-7-9-11-13-15-16-17-18-19-20-21-22-23-24-25-26-27-28-29-30-32-34-36-38-41-51-43-45(44-53-55(49,50)52-42-40-47)54-46(48)39-37-35-33-31-14-12-10-8-6-4-2/h18-19,45H,3-17,20-44,47H2,1-2H3,(H,49,50)/b19-18-. The summed E-state index contributed by atoms with van der Waals surface area (Å²) < 4.78 is 33.4. The van der Waals surface area contributed by atoms with Crippen LogP contribution in [0.3, 0.4) is 0 Å². The fraction of sp³-hybridized carbons (Fsp3) is 0.935. The third-order valence-electron chi connectivity index (χ3n) is 10.4. The fourth-order valence-corrected chi connectivity index (χ4v) is 7.70. The number of unbranched alkanes of at least 4 members (excludes halogenated alkanes) is 31.